The average molecular weight is 350 g/mol. The van der Waals surface area contributed by atoms with Crippen LogP contribution in [0.3, 0.4) is 0 Å². The fourth-order valence-corrected chi connectivity index (χ4v) is 3.31. The van der Waals surface area contributed by atoms with Gasteiger partial charge in [0.2, 0.25) is 11.8 Å². The monoisotopic (exact) mass is 350 g/mol. The van der Waals surface area contributed by atoms with Crippen molar-refractivity contribution < 1.29 is 19.5 Å². The van der Waals surface area contributed by atoms with E-state index in [1.165, 1.54) is 0 Å². The highest BCUT2D eigenvalue weighted by molar-refractivity contribution is 5.88. The van der Waals surface area contributed by atoms with Gasteiger partial charge in [-0.2, -0.15) is 5.10 Å². The van der Waals surface area contributed by atoms with E-state index in [4.69, 9.17) is 0 Å². The number of aromatic nitrogens is 2. The van der Waals surface area contributed by atoms with Crippen molar-refractivity contribution in [2.24, 2.45) is 13.0 Å². The van der Waals surface area contributed by atoms with Crippen molar-refractivity contribution in [1.29, 1.82) is 0 Å². The van der Waals surface area contributed by atoms with Crippen LogP contribution < -0.4 is 5.32 Å². The second-order valence-corrected chi connectivity index (χ2v) is 6.58. The third kappa shape index (κ3) is 4.37. The summed E-state index contributed by atoms with van der Waals surface area (Å²) < 4.78 is 1.62. The number of aliphatic carboxylic acids is 1. The molecule has 1 saturated heterocycles. The smallest absolute Gasteiger partial charge is 0.326 e. The van der Waals surface area contributed by atoms with Crippen LogP contribution in [0.5, 0.6) is 0 Å². The van der Waals surface area contributed by atoms with Crippen LogP contribution in [0.4, 0.5) is 0 Å². The zero-order chi connectivity index (χ0) is 18.6. The van der Waals surface area contributed by atoms with Crippen LogP contribution >= 0.6 is 0 Å². The van der Waals surface area contributed by atoms with E-state index in [0.717, 1.165) is 18.4 Å². The highest BCUT2D eigenvalue weighted by Crippen LogP contribution is 2.35. The fourth-order valence-electron chi connectivity index (χ4n) is 3.31. The first-order valence-electron chi connectivity index (χ1n) is 8.62. The first-order valence-corrected chi connectivity index (χ1v) is 8.62. The highest BCUT2D eigenvalue weighted by atomic mass is 16.4. The predicted octanol–water partition coefficient (Wildman–Crippen LogP) is 1.09. The molecular weight excluding hydrogens is 324 g/mol. The molecule has 0 aromatic carbocycles. The van der Waals surface area contributed by atoms with E-state index in [1.54, 1.807) is 36.1 Å². The van der Waals surface area contributed by atoms with E-state index < -0.39 is 24.0 Å². The summed E-state index contributed by atoms with van der Waals surface area (Å²) in [6.45, 7) is 1.97. The van der Waals surface area contributed by atoms with Crippen LogP contribution in [0.25, 0.3) is 0 Å². The molecular formula is C17H26N4O4. The van der Waals surface area contributed by atoms with Crippen molar-refractivity contribution in [3.63, 3.8) is 0 Å². The van der Waals surface area contributed by atoms with Gasteiger partial charge in [0.05, 0.1) is 18.2 Å². The van der Waals surface area contributed by atoms with Crippen molar-refractivity contribution in [2.45, 2.75) is 51.1 Å². The molecule has 2 rings (SSSR count). The summed E-state index contributed by atoms with van der Waals surface area (Å²) >= 11 is 0. The molecule has 138 valence electrons. The number of unbranched alkanes of at least 4 members (excludes halogenated alkanes) is 1. The van der Waals surface area contributed by atoms with Crippen molar-refractivity contribution in [2.75, 3.05) is 7.05 Å². The molecule has 1 aliphatic heterocycles. The lowest BCUT2D eigenvalue weighted by Gasteiger charge is -2.38. The molecule has 1 fully saturated rings. The SMILES string of the molecule is CCCCC(NC(=O)C1CCC(=O)N(C)C1c1cnn(C)c1)C(=O)O. The van der Waals surface area contributed by atoms with Gasteiger partial charge in [0.15, 0.2) is 0 Å². The molecule has 2 N–H and O–H groups in total. The van der Waals surface area contributed by atoms with Crippen LogP contribution in [-0.4, -0.2) is 50.7 Å². The van der Waals surface area contributed by atoms with Gasteiger partial charge in [-0.05, 0) is 12.8 Å². The Morgan fingerprint density at radius 1 is 1.44 bits per heavy atom. The topological polar surface area (TPSA) is 105 Å². The van der Waals surface area contributed by atoms with Gasteiger partial charge < -0.3 is 15.3 Å². The maximum Gasteiger partial charge on any atom is 0.326 e. The van der Waals surface area contributed by atoms with Crippen molar-refractivity contribution in [3.8, 4) is 0 Å². The number of carboxylic acids is 1. The van der Waals surface area contributed by atoms with E-state index in [0.29, 0.717) is 12.8 Å². The van der Waals surface area contributed by atoms with Crippen molar-refractivity contribution >= 4 is 17.8 Å². The van der Waals surface area contributed by atoms with E-state index in [1.807, 2.05) is 6.92 Å². The summed E-state index contributed by atoms with van der Waals surface area (Å²) in [6, 6.07) is -1.33. The summed E-state index contributed by atoms with van der Waals surface area (Å²) in [5.74, 6) is -1.87. The molecule has 3 atom stereocenters. The van der Waals surface area contributed by atoms with Crippen LogP contribution in [0.1, 0.15) is 50.6 Å². The Hall–Kier alpha value is -2.38. The molecule has 2 amide bonds. The third-order valence-electron chi connectivity index (χ3n) is 4.73. The standard InChI is InChI=1S/C17H26N4O4/c1-4-5-6-13(17(24)25)19-16(23)12-7-8-14(22)21(3)15(12)11-9-18-20(2)10-11/h9-10,12-13,15H,4-8H2,1-3H3,(H,19,23)(H,24,25). The number of piperidine rings is 1. The summed E-state index contributed by atoms with van der Waals surface area (Å²) in [6.07, 6.45) is 6.09. The zero-order valence-corrected chi connectivity index (χ0v) is 14.9. The van der Waals surface area contributed by atoms with E-state index >= 15 is 0 Å². The number of hydrogen-bond acceptors (Lipinski definition) is 4. The number of carboxylic acid groups (broad SMARTS) is 1. The van der Waals surface area contributed by atoms with Crippen LogP contribution in [0.15, 0.2) is 12.4 Å². The maximum absolute atomic E-state index is 12.8. The van der Waals surface area contributed by atoms with Crippen molar-refractivity contribution in [3.05, 3.63) is 18.0 Å². The lowest BCUT2D eigenvalue weighted by atomic mass is 9.85. The van der Waals surface area contributed by atoms with Gasteiger partial charge >= 0.3 is 5.97 Å². The van der Waals surface area contributed by atoms with Gasteiger partial charge in [-0.3, -0.25) is 14.3 Å². The Balaban J connectivity index is 2.19. The van der Waals surface area contributed by atoms with Gasteiger partial charge in [-0.25, -0.2) is 4.79 Å². The summed E-state index contributed by atoms with van der Waals surface area (Å²) in [5.41, 5.74) is 0.777. The maximum atomic E-state index is 12.8. The number of amides is 2. The minimum absolute atomic E-state index is 0.0290. The number of nitrogens with one attached hydrogen (secondary N) is 1. The molecule has 0 spiro atoms. The molecule has 3 unspecified atom stereocenters. The minimum atomic E-state index is -1.03. The Kier molecular flexibility index (Phi) is 6.17. The second kappa shape index (κ2) is 8.13. The summed E-state index contributed by atoms with van der Waals surface area (Å²) in [4.78, 5) is 37.8. The summed E-state index contributed by atoms with van der Waals surface area (Å²) in [5, 5.41) is 16.1. The molecule has 25 heavy (non-hydrogen) atoms. The molecule has 0 saturated carbocycles. The van der Waals surface area contributed by atoms with Gasteiger partial charge in [0, 0.05) is 32.3 Å². The number of aryl methyl sites for hydroxylation is 1. The van der Waals surface area contributed by atoms with Crippen LogP contribution in [-0.2, 0) is 21.4 Å². The van der Waals surface area contributed by atoms with Gasteiger partial charge in [0.1, 0.15) is 6.04 Å². The Morgan fingerprint density at radius 3 is 2.72 bits per heavy atom. The third-order valence-corrected chi connectivity index (χ3v) is 4.73. The van der Waals surface area contributed by atoms with Gasteiger partial charge in [-0.15, -0.1) is 0 Å². The number of likely N-dealkylation sites (tertiary alicyclic amines) is 1. The Morgan fingerprint density at radius 2 is 2.16 bits per heavy atom. The van der Waals surface area contributed by atoms with Crippen LogP contribution in [0.2, 0.25) is 0 Å². The largest absolute Gasteiger partial charge is 0.480 e. The molecule has 1 aromatic heterocycles. The molecule has 0 bridgehead atoms. The normalized spacial score (nSPS) is 21.9. The first kappa shape index (κ1) is 19.0. The van der Waals surface area contributed by atoms with Gasteiger partial charge in [0.25, 0.3) is 0 Å². The molecule has 2 heterocycles. The Labute approximate surface area is 147 Å². The number of rotatable bonds is 7. The predicted molar refractivity (Wildman–Crippen MR) is 90.5 cm³/mol. The number of hydrogen-bond donors (Lipinski definition) is 2. The van der Waals surface area contributed by atoms with Crippen LogP contribution in [0, 0.1) is 5.92 Å². The minimum Gasteiger partial charge on any atom is -0.480 e. The zero-order valence-electron chi connectivity index (χ0n) is 14.9. The molecule has 8 nitrogen and oxygen atoms in total. The lowest BCUT2D eigenvalue weighted by molar-refractivity contribution is -0.146. The second-order valence-electron chi connectivity index (χ2n) is 6.58. The van der Waals surface area contributed by atoms with Gasteiger partial charge in [-0.1, -0.05) is 19.8 Å². The molecule has 8 heteroatoms. The first-order chi connectivity index (χ1) is 11.8. The van der Waals surface area contributed by atoms with Crippen molar-refractivity contribution in [1.82, 2.24) is 20.0 Å². The molecule has 0 radical (unpaired) electrons. The number of carbonyl (C=O) groups is 3. The average Bonchev–Trinajstić information content (AvgIpc) is 2.99. The molecule has 1 aromatic rings. The van der Waals surface area contributed by atoms with E-state index in [9.17, 15) is 19.5 Å². The fraction of sp³-hybridized carbons (Fsp3) is 0.647. The summed E-state index contributed by atoms with van der Waals surface area (Å²) in [7, 11) is 3.44. The molecule has 0 aliphatic carbocycles. The molecule has 1 aliphatic rings. The van der Waals surface area contributed by atoms with E-state index in [-0.39, 0.29) is 18.2 Å². The number of nitrogens with zero attached hydrogens (tertiary/aromatic N) is 3. The highest BCUT2D eigenvalue weighted by Gasteiger charge is 2.40. The number of carbonyl (C=O) groups excluding carboxylic acids is 2. The van der Waals surface area contributed by atoms with E-state index in [2.05, 4.69) is 10.4 Å². The Bertz CT molecular complexity index is 642. The quantitative estimate of drug-likeness (QED) is 0.766. The lowest BCUT2D eigenvalue weighted by Crippen LogP contribution is -2.50.